The minimum Gasteiger partial charge on any atom is -0.356 e. The van der Waals surface area contributed by atoms with Crippen LogP contribution in [-0.2, 0) is 19.2 Å². The molecule has 0 aromatic heterocycles. The Kier molecular flexibility index (Phi) is 19.9. The molecule has 2 aliphatic heterocycles. The van der Waals surface area contributed by atoms with Gasteiger partial charge in [-0.2, -0.15) is 0 Å². The molecule has 6 amide bonds. The summed E-state index contributed by atoms with van der Waals surface area (Å²) in [6.07, 6.45) is 20.2. The normalized spacial score (nSPS) is 23.4. The second-order valence-electron chi connectivity index (χ2n) is 20.7. The zero-order valence-corrected chi connectivity index (χ0v) is 42.0. The highest BCUT2D eigenvalue weighted by atomic mass is 16.2. The van der Waals surface area contributed by atoms with Gasteiger partial charge >= 0.3 is 0 Å². The topological polar surface area (TPSA) is 157 Å². The highest BCUT2D eigenvalue weighted by Crippen LogP contribution is 2.43. The lowest BCUT2D eigenvalue weighted by Gasteiger charge is -2.18. The number of amides is 6. The average molecular weight is 957 g/mol. The van der Waals surface area contributed by atoms with Crippen LogP contribution in [0.5, 0.6) is 0 Å². The molecule has 7 rings (SSSR count). The summed E-state index contributed by atoms with van der Waals surface area (Å²) in [5.41, 5.74) is 3.02. The molecule has 2 aliphatic carbocycles. The molecule has 2 heterocycles. The first kappa shape index (κ1) is 52.3. The van der Waals surface area contributed by atoms with Gasteiger partial charge in [0.25, 0.3) is 11.8 Å². The van der Waals surface area contributed by atoms with Crippen LogP contribution < -0.4 is 21.3 Å². The molecule has 0 bridgehead atoms. The maximum atomic E-state index is 14.2. The molecule has 2 saturated carbocycles. The second-order valence-corrected chi connectivity index (χ2v) is 20.7. The predicted molar refractivity (Wildman–Crippen MR) is 275 cm³/mol. The molecular formula is C58H80N6O6. The molecule has 0 radical (unpaired) electrons. The van der Waals surface area contributed by atoms with E-state index >= 15 is 0 Å². The molecule has 8 atom stereocenters. The van der Waals surface area contributed by atoms with Gasteiger partial charge in [0.15, 0.2) is 0 Å². The van der Waals surface area contributed by atoms with E-state index in [1.807, 2.05) is 36.4 Å². The smallest absolute Gasteiger partial charge is 0.253 e. The summed E-state index contributed by atoms with van der Waals surface area (Å²) >= 11 is 0. The Morgan fingerprint density at radius 3 is 1.07 bits per heavy atom. The first-order chi connectivity index (χ1) is 34.2. The van der Waals surface area contributed by atoms with Crippen molar-refractivity contribution in [2.24, 2.45) is 23.7 Å². The van der Waals surface area contributed by atoms with Crippen LogP contribution in [0.3, 0.4) is 0 Å². The van der Waals surface area contributed by atoms with Crippen LogP contribution in [0.1, 0.15) is 173 Å². The molecule has 12 nitrogen and oxygen atoms in total. The van der Waals surface area contributed by atoms with Crippen LogP contribution in [0.4, 0.5) is 0 Å². The molecule has 0 spiro atoms. The van der Waals surface area contributed by atoms with Gasteiger partial charge in [0, 0.05) is 74.3 Å². The molecule has 0 unspecified atom stereocenters. The van der Waals surface area contributed by atoms with Gasteiger partial charge in [-0.1, -0.05) is 164 Å². The van der Waals surface area contributed by atoms with E-state index in [1.54, 1.807) is 34.1 Å². The van der Waals surface area contributed by atoms with Crippen LogP contribution in [0, 0.1) is 23.7 Å². The molecule has 3 aromatic rings. The summed E-state index contributed by atoms with van der Waals surface area (Å²) in [7, 11) is 0. The Hall–Kier alpha value is -5.52. The van der Waals surface area contributed by atoms with Crippen molar-refractivity contribution in [1.82, 2.24) is 31.1 Å². The fourth-order valence-corrected chi connectivity index (χ4v) is 10.8. The first-order valence-corrected chi connectivity index (χ1v) is 27.1. The number of hydrogen-bond acceptors (Lipinski definition) is 6. The monoisotopic (exact) mass is 957 g/mol. The first-order valence-electron chi connectivity index (χ1n) is 27.1. The molecule has 378 valence electrons. The number of hydrogen-bond donors (Lipinski definition) is 4. The van der Waals surface area contributed by atoms with E-state index in [2.05, 4.69) is 59.4 Å². The summed E-state index contributed by atoms with van der Waals surface area (Å²) < 4.78 is 0. The minimum atomic E-state index is -0.721. The highest BCUT2D eigenvalue weighted by molar-refractivity contribution is 6.00. The lowest BCUT2D eigenvalue weighted by atomic mass is 9.94. The van der Waals surface area contributed by atoms with E-state index in [-0.39, 0.29) is 85.5 Å². The zero-order valence-electron chi connectivity index (χ0n) is 42.0. The maximum Gasteiger partial charge on any atom is 0.253 e. The Morgan fingerprint density at radius 1 is 0.414 bits per heavy atom. The third kappa shape index (κ3) is 14.8. The molecule has 4 fully saturated rings. The van der Waals surface area contributed by atoms with Gasteiger partial charge in [0.2, 0.25) is 23.6 Å². The summed E-state index contributed by atoms with van der Waals surface area (Å²) in [5.74, 6) is -3.81. The van der Waals surface area contributed by atoms with E-state index in [1.165, 1.54) is 75.3 Å². The molecule has 2 saturated heterocycles. The molecule has 70 heavy (non-hydrogen) atoms. The standard InChI is InChI=1S/C58H80N6O6/c1-3-5-7-9-11-13-15-23-33-59-53(65)47-37-63(38-48(47)54(66)60-34-24-16-14-12-10-8-6-4-2)57(69)43-29-31-44(32-30-43)58(70)64-39-49(55(67)61-51-35-45(51)41-25-19-17-20-26-41)50(40-64)56(68)62-52-36-46(52)42-27-21-18-22-28-42/h17-22,25-32,45-52H,3-16,23-24,33-40H2,1-2H3,(H,59,65)(H,60,66)(H,61,67)(H,62,68)/t45-,46-,47-,48-,49-,50-,51+,52+/m1/s1. The Morgan fingerprint density at radius 2 is 0.729 bits per heavy atom. The Labute approximate surface area is 417 Å². The van der Waals surface area contributed by atoms with Crippen LogP contribution in [0.25, 0.3) is 0 Å². The fraction of sp³-hybridized carbons (Fsp3) is 0.586. The molecule has 4 aliphatic rings. The molecule has 4 N–H and O–H groups in total. The quantitative estimate of drug-likeness (QED) is 0.0533. The van der Waals surface area contributed by atoms with Crippen molar-refractivity contribution in [2.75, 3.05) is 39.3 Å². The van der Waals surface area contributed by atoms with Gasteiger partial charge in [-0.05, 0) is 61.1 Å². The third-order valence-electron chi connectivity index (χ3n) is 15.3. The number of carbonyl (C=O) groups excluding carboxylic acids is 6. The summed E-state index contributed by atoms with van der Waals surface area (Å²) in [4.78, 5) is 86.8. The lowest BCUT2D eigenvalue weighted by Crippen LogP contribution is -2.43. The largest absolute Gasteiger partial charge is 0.356 e. The van der Waals surface area contributed by atoms with Crippen molar-refractivity contribution >= 4 is 35.4 Å². The highest BCUT2D eigenvalue weighted by Gasteiger charge is 2.49. The third-order valence-corrected chi connectivity index (χ3v) is 15.3. The predicted octanol–water partition coefficient (Wildman–Crippen LogP) is 8.92. The van der Waals surface area contributed by atoms with Crippen LogP contribution >= 0.6 is 0 Å². The number of carbonyl (C=O) groups is 6. The summed E-state index contributed by atoms with van der Waals surface area (Å²) in [6, 6.07) is 26.6. The van der Waals surface area contributed by atoms with Crippen LogP contribution in [0.2, 0.25) is 0 Å². The van der Waals surface area contributed by atoms with Gasteiger partial charge < -0.3 is 31.1 Å². The number of nitrogens with zero attached hydrogens (tertiary/aromatic N) is 2. The van der Waals surface area contributed by atoms with E-state index in [0.29, 0.717) is 24.2 Å². The van der Waals surface area contributed by atoms with Crippen LogP contribution in [0.15, 0.2) is 84.9 Å². The molecular weight excluding hydrogens is 877 g/mol. The van der Waals surface area contributed by atoms with E-state index in [0.717, 1.165) is 51.4 Å². The van der Waals surface area contributed by atoms with E-state index in [9.17, 15) is 28.8 Å². The molecule has 3 aromatic carbocycles. The molecule has 12 heteroatoms. The number of nitrogens with one attached hydrogen (secondary N) is 4. The fourth-order valence-electron chi connectivity index (χ4n) is 10.8. The van der Waals surface area contributed by atoms with Crippen molar-refractivity contribution < 1.29 is 28.8 Å². The lowest BCUT2D eigenvalue weighted by molar-refractivity contribution is -0.133. The van der Waals surface area contributed by atoms with Crippen molar-refractivity contribution in [3.8, 4) is 0 Å². The zero-order chi connectivity index (χ0) is 49.2. The van der Waals surface area contributed by atoms with Gasteiger partial charge in [-0.3, -0.25) is 28.8 Å². The van der Waals surface area contributed by atoms with Gasteiger partial charge in [-0.15, -0.1) is 0 Å². The van der Waals surface area contributed by atoms with E-state index < -0.39 is 23.7 Å². The summed E-state index contributed by atoms with van der Waals surface area (Å²) in [5, 5.41) is 12.6. The summed E-state index contributed by atoms with van der Waals surface area (Å²) in [6.45, 7) is 5.95. The Bertz CT molecular complexity index is 2050. The van der Waals surface area contributed by atoms with Crippen molar-refractivity contribution in [3.05, 3.63) is 107 Å². The number of benzene rings is 3. The van der Waals surface area contributed by atoms with Gasteiger partial charge in [-0.25, -0.2) is 0 Å². The number of unbranched alkanes of at least 4 members (excludes halogenated alkanes) is 14. The second kappa shape index (κ2) is 26.6. The SMILES string of the molecule is CCCCCCCCCCNC(=O)[C@@H]1CN(C(=O)c2ccc(C(=O)N3C[C@@H](C(=O)N[C@H]4C[C@@H]4c4ccccc4)[C@H](C(=O)N[C@H]4C[C@@H]4c4ccccc4)C3)cc2)C[C@H]1C(=O)NCCCCCCCCCC. The van der Waals surface area contributed by atoms with Gasteiger partial charge in [0.1, 0.15) is 0 Å². The van der Waals surface area contributed by atoms with Crippen molar-refractivity contribution in [3.63, 3.8) is 0 Å². The number of likely N-dealkylation sites (tertiary alicyclic amines) is 2. The van der Waals surface area contributed by atoms with Crippen molar-refractivity contribution in [2.45, 2.75) is 153 Å². The maximum absolute atomic E-state index is 14.2. The minimum absolute atomic E-state index is 0.0244. The van der Waals surface area contributed by atoms with Crippen molar-refractivity contribution in [1.29, 1.82) is 0 Å². The van der Waals surface area contributed by atoms with Gasteiger partial charge in [0.05, 0.1) is 23.7 Å². The Balaban J connectivity index is 0.955. The average Bonchev–Trinajstić information content (AvgIpc) is 4.23. The van der Waals surface area contributed by atoms with E-state index in [4.69, 9.17) is 0 Å². The number of rotatable bonds is 28. The van der Waals surface area contributed by atoms with Crippen LogP contribution in [-0.4, -0.2) is 96.6 Å².